The van der Waals surface area contributed by atoms with E-state index in [-0.39, 0.29) is 0 Å². The quantitative estimate of drug-likeness (QED) is 0.901. The Morgan fingerprint density at radius 1 is 1.41 bits per heavy atom. The van der Waals surface area contributed by atoms with Gasteiger partial charge in [0.25, 0.3) is 0 Å². The summed E-state index contributed by atoms with van der Waals surface area (Å²) in [5.41, 5.74) is 2.41. The molecule has 5 heteroatoms. The van der Waals surface area contributed by atoms with Gasteiger partial charge in [0.05, 0.1) is 29.1 Å². The zero-order valence-electron chi connectivity index (χ0n) is 9.69. The van der Waals surface area contributed by atoms with Gasteiger partial charge in [0.15, 0.2) is 0 Å². The second-order valence-corrected chi connectivity index (χ2v) is 4.93. The van der Waals surface area contributed by atoms with Crippen LogP contribution in [-0.2, 0) is 6.54 Å². The van der Waals surface area contributed by atoms with Gasteiger partial charge in [0.2, 0.25) is 0 Å². The predicted octanol–water partition coefficient (Wildman–Crippen LogP) is 2.64. The minimum atomic E-state index is 0.431. The van der Waals surface area contributed by atoms with Crippen molar-refractivity contribution in [1.82, 2.24) is 9.97 Å². The van der Waals surface area contributed by atoms with E-state index < -0.39 is 0 Å². The van der Waals surface area contributed by atoms with Crippen LogP contribution in [0, 0.1) is 25.2 Å². The summed E-state index contributed by atoms with van der Waals surface area (Å²) < 4.78 is 0. The SMILES string of the molecule is Cc1nc(C)c(CNc2ccc(C#N)nc2)s1. The number of nitriles is 1. The third-order valence-corrected chi connectivity index (χ3v) is 3.40. The third-order valence-electron chi connectivity index (χ3n) is 2.33. The van der Waals surface area contributed by atoms with Crippen molar-refractivity contribution in [2.45, 2.75) is 20.4 Å². The molecule has 0 aromatic carbocycles. The molecular weight excluding hydrogens is 232 g/mol. The molecule has 0 bridgehead atoms. The lowest BCUT2D eigenvalue weighted by Gasteiger charge is -2.04. The second kappa shape index (κ2) is 4.93. The maximum absolute atomic E-state index is 8.64. The highest BCUT2D eigenvalue weighted by molar-refractivity contribution is 7.11. The van der Waals surface area contributed by atoms with Crippen molar-refractivity contribution in [3.8, 4) is 6.07 Å². The van der Waals surface area contributed by atoms with Crippen LogP contribution in [0.2, 0.25) is 0 Å². The van der Waals surface area contributed by atoms with Crippen molar-refractivity contribution in [1.29, 1.82) is 5.26 Å². The first-order valence-corrected chi connectivity index (χ1v) is 6.03. The van der Waals surface area contributed by atoms with E-state index >= 15 is 0 Å². The highest BCUT2D eigenvalue weighted by Gasteiger charge is 2.04. The van der Waals surface area contributed by atoms with Crippen LogP contribution in [0.3, 0.4) is 0 Å². The molecule has 0 saturated heterocycles. The first-order valence-electron chi connectivity index (χ1n) is 5.22. The topological polar surface area (TPSA) is 61.6 Å². The average Bonchev–Trinajstić information content (AvgIpc) is 2.66. The molecule has 17 heavy (non-hydrogen) atoms. The Kier molecular flexibility index (Phi) is 3.35. The van der Waals surface area contributed by atoms with Crippen molar-refractivity contribution in [3.63, 3.8) is 0 Å². The van der Waals surface area contributed by atoms with Crippen molar-refractivity contribution >= 4 is 17.0 Å². The van der Waals surface area contributed by atoms with Gasteiger partial charge >= 0.3 is 0 Å². The van der Waals surface area contributed by atoms with Gasteiger partial charge in [-0.3, -0.25) is 0 Å². The van der Waals surface area contributed by atoms with E-state index in [9.17, 15) is 0 Å². The standard InChI is InChI=1S/C12H12N4S/c1-8-12(17-9(2)16-8)7-15-11-4-3-10(5-13)14-6-11/h3-4,6,15H,7H2,1-2H3. The molecule has 0 aliphatic carbocycles. The summed E-state index contributed by atoms with van der Waals surface area (Å²) in [6, 6.07) is 5.55. The zero-order chi connectivity index (χ0) is 12.3. The maximum atomic E-state index is 8.64. The second-order valence-electron chi connectivity index (χ2n) is 3.64. The number of pyridine rings is 1. The third kappa shape index (κ3) is 2.80. The minimum absolute atomic E-state index is 0.431. The molecule has 0 aliphatic rings. The smallest absolute Gasteiger partial charge is 0.140 e. The van der Waals surface area contributed by atoms with Crippen molar-refractivity contribution in [2.24, 2.45) is 0 Å². The summed E-state index contributed by atoms with van der Waals surface area (Å²) in [6.07, 6.45) is 1.67. The van der Waals surface area contributed by atoms with Gasteiger partial charge in [0.1, 0.15) is 11.8 Å². The average molecular weight is 244 g/mol. The van der Waals surface area contributed by atoms with Gasteiger partial charge in [-0.2, -0.15) is 5.26 Å². The first-order chi connectivity index (χ1) is 8.19. The Bertz CT molecular complexity index is 551. The van der Waals surface area contributed by atoms with E-state index in [1.807, 2.05) is 26.0 Å². The van der Waals surface area contributed by atoms with E-state index in [4.69, 9.17) is 5.26 Å². The lowest BCUT2D eigenvalue weighted by Crippen LogP contribution is -1.99. The molecule has 0 fully saturated rings. The Morgan fingerprint density at radius 2 is 2.24 bits per heavy atom. The molecule has 0 amide bonds. The van der Waals surface area contributed by atoms with E-state index in [1.54, 1.807) is 23.6 Å². The van der Waals surface area contributed by atoms with Crippen LogP contribution in [-0.4, -0.2) is 9.97 Å². The number of hydrogen-bond donors (Lipinski definition) is 1. The molecular formula is C12H12N4S. The molecule has 4 nitrogen and oxygen atoms in total. The molecule has 0 radical (unpaired) electrons. The number of hydrogen-bond acceptors (Lipinski definition) is 5. The Morgan fingerprint density at radius 3 is 2.76 bits per heavy atom. The van der Waals surface area contributed by atoms with Crippen LogP contribution in [0.15, 0.2) is 18.3 Å². The lowest BCUT2D eigenvalue weighted by molar-refractivity contribution is 1.10. The van der Waals surface area contributed by atoms with E-state index in [1.165, 1.54) is 4.88 Å². The van der Waals surface area contributed by atoms with Crippen molar-refractivity contribution in [3.05, 3.63) is 39.6 Å². The van der Waals surface area contributed by atoms with Gasteiger partial charge in [-0.1, -0.05) is 0 Å². The van der Waals surface area contributed by atoms with Crippen LogP contribution in [0.5, 0.6) is 0 Å². The normalized spacial score (nSPS) is 9.94. The number of nitrogens with one attached hydrogen (secondary N) is 1. The van der Waals surface area contributed by atoms with Crippen LogP contribution in [0.4, 0.5) is 5.69 Å². The fourth-order valence-electron chi connectivity index (χ4n) is 1.48. The van der Waals surface area contributed by atoms with E-state index in [2.05, 4.69) is 15.3 Å². The molecule has 0 atom stereocenters. The highest BCUT2D eigenvalue weighted by Crippen LogP contribution is 2.18. The van der Waals surface area contributed by atoms with Crippen molar-refractivity contribution in [2.75, 3.05) is 5.32 Å². The fraction of sp³-hybridized carbons (Fsp3) is 0.250. The van der Waals surface area contributed by atoms with Gasteiger partial charge in [-0.15, -0.1) is 11.3 Å². The molecule has 86 valence electrons. The summed E-state index contributed by atoms with van der Waals surface area (Å²) in [4.78, 5) is 9.60. The Labute approximate surface area is 104 Å². The van der Waals surface area contributed by atoms with Crippen molar-refractivity contribution < 1.29 is 0 Å². The molecule has 0 unspecified atom stereocenters. The fourth-order valence-corrected chi connectivity index (χ4v) is 2.36. The molecule has 2 aromatic rings. The van der Waals surface area contributed by atoms with Gasteiger partial charge in [-0.05, 0) is 26.0 Å². The first kappa shape index (κ1) is 11.6. The van der Waals surface area contributed by atoms with Gasteiger partial charge < -0.3 is 5.32 Å². The molecule has 2 rings (SSSR count). The maximum Gasteiger partial charge on any atom is 0.140 e. The number of thiazole rings is 1. The number of aromatic nitrogens is 2. The number of aryl methyl sites for hydroxylation is 2. The highest BCUT2D eigenvalue weighted by atomic mass is 32.1. The number of nitrogens with zero attached hydrogens (tertiary/aromatic N) is 3. The largest absolute Gasteiger partial charge is 0.379 e. The lowest BCUT2D eigenvalue weighted by atomic mass is 10.3. The number of anilines is 1. The van der Waals surface area contributed by atoms with Crippen LogP contribution >= 0.6 is 11.3 Å². The van der Waals surface area contributed by atoms with E-state index in [0.717, 1.165) is 22.9 Å². The Balaban J connectivity index is 2.02. The monoisotopic (exact) mass is 244 g/mol. The van der Waals surface area contributed by atoms with Gasteiger partial charge in [0, 0.05) is 4.88 Å². The summed E-state index contributed by atoms with van der Waals surface area (Å²) in [5.74, 6) is 0. The van der Waals surface area contributed by atoms with Gasteiger partial charge in [-0.25, -0.2) is 9.97 Å². The summed E-state index contributed by atoms with van der Waals surface area (Å²) in [5, 5.41) is 13.0. The number of rotatable bonds is 3. The van der Waals surface area contributed by atoms with Crippen LogP contribution in [0.25, 0.3) is 0 Å². The summed E-state index contributed by atoms with van der Waals surface area (Å²) >= 11 is 1.69. The molecule has 2 heterocycles. The zero-order valence-corrected chi connectivity index (χ0v) is 10.5. The molecule has 2 aromatic heterocycles. The molecule has 0 saturated carbocycles. The molecule has 0 aliphatic heterocycles. The minimum Gasteiger partial charge on any atom is -0.379 e. The van der Waals surface area contributed by atoms with Crippen LogP contribution in [0.1, 0.15) is 21.3 Å². The Hall–Kier alpha value is -1.93. The summed E-state index contributed by atoms with van der Waals surface area (Å²) in [6.45, 7) is 4.76. The van der Waals surface area contributed by atoms with E-state index in [0.29, 0.717) is 5.69 Å². The molecule has 0 spiro atoms. The van der Waals surface area contributed by atoms with Crippen LogP contribution < -0.4 is 5.32 Å². The summed E-state index contributed by atoms with van der Waals surface area (Å²) in [7, 11) is 0. The molecule has 1 N–H and O–H groups in total. The predicted molar refractivity (Wildman–Crippen MR) is 67.9 cm³/mol.